The molecule has 1 fully saturated rings. The summed E-state index contributed by atoms with van der Waals surface area (Å²) in [4.78, 5) is 14.5. The summed E-state index contributed by atoms with van der Waals surface area (Å²) in [6.45, 7) is 2.78. The molecule has 3 rings (SSSR count). The highest BCUT2D eigenvalue weighted by molar-refractivity contribution is 6.31. The predicted octanol–water partition coefficient (Wildman–Crippen LogP) is 4.33. The van der Waals surface area contributed by atoms with Gasteiger partial charge in [0.25, 0.3) is 0 Å². The SMILES string of the molecule is CCCc1cc(C2CCCN2C(=O)Cc2ccc(F)cc2Cl)no1. The number of hydrogen-bond acceptors (Lipinski definition) is 3. The number of rotatable bonds is 5. The smallest absolute Gasteiger partial charge is 0.227 e. The quantitative estimate of drug-likeness (QED) is 0.806. The average molecular weight is 351 g/mol. The van der Waals surface area contributed by atoms with Gasteiger partial charge in [-0.05, 0) is 37.0 Å². The van der Waals surface area contributed by atoms with Crippen molar-refractivity contribution in [2.75, 3.05) is 6.54 Å². The van der Waals surface area contributed by atoms with Crippen molar-refractivity contribution in [1.82, 2.24) is 10.1 Å². The van der Waals surface area contributed by atoms with Gasteiger partial charge in [0, 0.05) is 24.1 Å². The standard InChI is InChI=1S/C18H20ClFN2O2/c1-2-4-14-11-16(21-24-14)17-5-3-8-22(17)18(23)9-12-6-7-13(20)10-15(12)19/h6-7,10-11,17H,2-5,8-9H2,1H3. The third-order valence-corrected chi connectivity index (χ3v) is 4.70. The van der Waals surface area contributed by atoms with Crippen molar-refractivity contribution in [2.45, 2.75) is 45.1 Å². The lowest BCUT2D eigenvalue weighted by Crippen LogP contribution is -2.32. The Morgan fingerprint density at radius 1 is 1.46 bits per heavy atom. The van der Waals surface area contributed by atoms with Crippen molar-refractivity contribution in [3.63, 3.8) is 0 Å². The summed E-state index contributed by atoms with van der Waals surface area (Å²) in [6, 6.07) is 6.03. The fraction of sp³-hybridized carbons (Fsp3) is 0.444. The van der Waals surface area contributed by atoms with Gasteiger partial charge < -0.3 is 9.42 Å². The first-order chi connectivity index (χ1) is 11.6. The Morgan fingerprint density at radius 3 is 3.04 bits per heavy atom. The molecule has 1 aromatic carbocycles. The molecule has 24 heavy (non-hydrogen) atoms. The Labute approximate surface area is 145 Å². The number of halogens is 2. The molecular weight excluding hydrogens is 331 g/mol. The Balaban J connectivity index is 1.73. The minimum absolute atomic E-state index is 0.0222. The summed E-state index contributed by atoms with van der Waals surface area (Å²) < 4.78 is 18.5. The molecule has 0 saturated carbocycles. The molecule has 1 saturated heterocycles. The highest BCUT2D eigenvalue weighted by Crippen LogP contribution is 2.32. The highest BCUT2D eigenvalue weighted by atomic mass is 35.5. The third-order valence-electron chi connectivity index (χ3n) is 4.34. The molecule has 1 amide bonds. The first-order valence-corrected chi connectivity index (χ1v) is 8.65. The van der Waals surface area contributed by atoms with Crippen LogP contribution in [-0.2, 0) is 17.6 Å². The summed E-state index contributed by atoms with van der Waals surface area (Å²) in [5.41, 5.74) is 1.45. The molecule has 4 nitrogen and oxygen atoms in total. The zero-order valence-corrected chi connectivity index (χ0v) is 14.4. The molecule has 0 N–H and O–H groups in total. The van der Waals surface area contributed by atoms with Crippen LogP contribution in [0.5, 0.6) is 0 Å². The minimum atomic E-state index is -0.402. The van der Waals surface area contributed by atoms with Gasteiger partial charge in [-0.2, -0.15) is 0 Å². The second kappa shape index (κ2) is 7.34. The normalized spacial score (nSPS) is 17.5. The van der Waals surface area contributed by atoms with E-state index in [-0.39, 0.29) is 23.4 Å². The zero-order chi connectivity index (χ0) is 17.1. The van der Waals surface area contributed by atoms with Crippen LogP contribution >= 0.6 is 11.6 Å². The van der Waals surface area contributed by atoms with Gasteiger partial charge in [0.05, 0.1) is 12.5 Å². The number of hydrogen-bond donors (Lipinski definition) is 0. The van der Waals surface area contributed by atoms with E-state index in [9.17, 15) is 9.18 Å². The third kappa shape index (κ3) is 3.61. The van der Waals surface area contributed by atoms with Crippen LogP contribution in [0, 0.1) is 5.82 Å². The van der Waals surface area contributed by atoms with Gasteiger partial charge in [0.15, 0.2) is 0 Å². The Morgan fingerprint density at radius 2 is 2.29 bits per heavy atom. The van der Waals surface area contributed by atoms with Crippen LogP contribution in [0.3, 0.4) is 0 Å². The number of amides is 1. The Bertz CT molecular complexity index is 732. The Kier molecular flexibility index (Phi) is 5.19. The fourth-order valence-electron chi connectivity index (χ4n) is 3.15. The molecule has 128 valence electrons. The first kappa shape index (κ1) is 17.0. The van der Waals surface area contributed by atoms with E-state index in [0.717, 1.165) is 37.1 Å². The van der Waals surface area contributed by atoms with E-state index >= 15 is 0 Å². The number of aryl methyl sites for hydroxylation is 1. The molecule has 1 unspecified atom stereocenters. The lowest BCUT2D eigenvalue weighted by molar-refractivity contribution is -0.131. The van der Waals surface area contributed by atoms with E-state index in [0.29, 0.717) is 12.1 Å². The van der Waals surface area contributed by atoms with Gasteiger partial charge in [-0.3, -0.25) is 4.79 Å². The summed E-state index contributed by atoms with van der Waals surface area (Å²) in [5.74, 6) is 0.431. The van der Waals surface area contributed by atoms with Crippen molar-refractivity contribution in [2.24, 2.45) is 0 Å². The summed E-state index contributed by atoms with van der Waals surface area (Å²) >= 11 is 6.03. The van der Waals surface area contributed by atoms with E-state index in [1.807, 2.05) is 11.0 Å². The van der Waals surface area contributed by atoms with Gasteiger partial charge >= 0.3 is 0 Å². The van der Waals surface area contributed by atoms with Gasteiger partial charge in [-0.25, -0.2) is 4.39 Å². The molecule has 0 bridgehead atoms. The zero-order valence-electron chi connectivity index (χ0n) is 13.6. The highest BCUT2D eigenvalue weighted by Gasteiger charge is 2.32. The molecule has 6 heteroatoms. The summed E-state index contributed by atoms with van der Waals surface area (Å²) in [7, 11) is 0. The van der Waals surface area contributed by atoms with E-state index in [2.05, 4.69) is 12.1 Å². The van der Waals surface area contributed by atoms with E-state index < -0.39 is 5.82 Å². The van der Waals surface area contributed by atoms with Crippen LogP contribution in [0.15, 0.2) is 28.8 Å². The molecule has 0 radical (unpaired) electrons. The number of carbonyl (C=O) groups is 1. The van der Waals surface area contributed by atoms with Crippen LogP contribution in [0.1, 0.15) is 49.2 Å². The van der Waals surface area contributed by atoms with E-state index in [1.165, 1.54) is 12.1 Å². The number of benzene rings is 1. The number of nitrogens with zero attached hydrogens (tertiary/aromatic N) is 2. The maximum atomic E-state index is 13.1. The lowest BCUT2D eigenvalue weighted by Gasteiger charge is -2.23. The van der Waals surface area contributed by atoms with Crippen LogP contribution in [0.4, 0.5) is 4.39 Å². The van der Waals surface area contributed by atoms with E-state index in [1.54, 1.807) is 6.07 Å². The second-order valence-electron chi connectivity index (χ2n) is 6.13. The molecule has 1 aliphatic rings. The molecule has 1 aliphatic heterocycles. The fourth-order valence-corrected chi connectivity index (χ4v) is 3.39. The molecular formula is C18H20ClFN2O2. The van der Waals surface area contributed by atoms with Crippen LogP contribution in [-0.4, -0.2) is 22.5 Å². The lowest BCUT2D eigenvalue weighted by atomic mass is 10.1. The maximum Gasteiger partial charge on any atom is 0.227 e. The van der Waals surface area contributed by atoms with Crippen molar-refractivity contribution in [3.8, 4) is 0 Å². The number of likely N-dealkylation sites (tertiary alicyclic amines) is 1. The van der Waals surface area contributed by atoms with Crippen molar-refractivity contribution >= 4 is 17.5 Å². The Hall–Kier alpha value is -1.88. The van der Waals surface area contributed by atoms with Gasteiger partial charge in [-0.15, -0.1) is 0 Å². The topological polar surface area (TPSA) is 46.3 Å². The monoisotopic (exact) mass is 350 g/mol. The predicted molar refractivity (Wildman–Crippen MR) is 89.3 cm³/mol. The van der Waals surface area contributed by atoms with Crippen molar-refractivity contribution in [3.05, 3.63) is 52.1 Å². The molecule has 1 atom stereocenters. The van der Waals surface area contributed by atoms with Crippen molar-refractivity contribution < 1.29 is 13.7 Å². The van der Waals surface area contributed by atoms with Crippen LogP contribution < -0.4 is 0 Å². The van der Waals surface area contributed by atoms with Gasteiger partial charge in [0.2, 0.25) is 5.91 Å². The van der Waals surface area contributed by atoms with Crippen molar-refractivity contribution in [1.29, 1.82) is 0 Å². The minimum Gasteiger partial charge on any atom is -0.361 e. The molecule has 1 aromatic heterocycles. The largest absolute Gasteiger partial charge is 0.361 e. The first-order valence-electron chi connectivity index (χ1n) is 8.27. The number of aromatic nitrogens is 1. The maximum absolute atomic E-state index is 13.1. The van der Waals surface area contributed by atoms with Gasteiger partial charge in [0.1, 0.15) is 17.3 Å². The summed E-state index contributed by atoms with van der Waals surface area (Å²) in [6.07, 6.45) is 3.81. The molecule has 2 heterocycles. The van der Waals surface area contributed by atoms with Crippen LogP contribution in [0.25, 0.3) is 0 Å². The second-order valence-corrected chi connectivity index (χ2v) is 6.53. The van der Waals surface area contributed by atoms with Crippen LogP contribution in [0.2, 0.25) is 5.02 Å². The molecule has 0 aliphatic carbocycles. The van der Waals surface area contributed by atoms with Gasteiger partial charge in [-0.1, -0.05) is 29.7 Å². The molecule has 2 aromatic rings. The summed E-state index contributed by atoms with van der Waals surface area (Å²) in [5, 5.41) is 4.42. The molecule has 0 spiro atoms. The number of carbonyl (C=O) groups excluding carboxylic acids is 1. The van der Waals surface area contributed by atoms with E-state index in [4.69, 9.17) is 16.1 Å². The average Bonchev–Trinajstić information content (AvgIpc) is 3.19.